The molecule has 2 aromatic heterocycles. The molecule has 0 bridgehead atoms. The second-order valence-corrected chi connectivity index (χ2v) is 8.84. The number of nitrogens with two attached hydrogens (primary N) is 1. The smallest absolute Gasteiger partial charge is 0.207 e. The maximum absolute atomic E-state index is 14.8. The van der Waals surface area contributed by atoms with E-state index in [9.17, 15) is 9.18 Å². The van der Waals surface area contributed by atoms with Gasteiger partial charge in [-0.05, 0) is 6.42 Å². The molecule has 152 valence electrons. The van der Waals surface area contributed by atoms with Crippen molar-refractivity contribution in [3.63, 3.8) is 0 Å². The number of aromatic nitrogens is 3. The molecule has 0 spiro atoms. The molecule has 7 heteroatoms. The highest BCUT2D eigenvalue weighted by atomic mass is 32.1. The van der Waals surface area contributed by atoms with Crippen LogP contribution in [0.4, 0.5) is 4.39 Å². The third-order valence-corrected chi connectivity index (χ3v) is 6.51. The minimum atomic E-state index is -1.28. The highest BCUT2D eigenvalue weighted by molar-refractivity contribution is 7.13. The van der Waals surface area contributed by atoms with Crippen molar-refractivity contribution in [3.8, 4) is 10.6 Å². The molecule has 1 aromatic carbocycles. The van der Waals surface area contributed by atoms with Crippen LogP contribution >= 0.6 is 11.3 Å². The summed E-state index contributed by atoms with van der Waals surface area (Å²) in [5.41, 5.74) is 9.43. The van der Waals surface area contributed by atoms with Gasteiger partial charge in [-0.2, -0.15) is 5.10 Å². The first-order valence-electron chi connectivity index (χ1n) is 9.87. The molecule has 4 rings (SSSR count). The molecule has 3 atom stereocenters. The third-order valence-electron chi connectivity index (χ3n) is 5.57. The van der Waals surface area contributed by atoms with Gasteiger partial charge in [0, 0.05) is 47.9 Å². The molecular weight excluding hydrogens is 387 g/mol. The minimum Gasteiger partial charge on any atom is -0.327 e. The average molecular weight is 413 g/mol. The van der Waals surface area contributed by atoms with Gasteiger partial charge in [0.15, 0.2) is 0 Å². The van der Waals surface area contributed by atoms with Crippen molar-refractivity contribution < 1.29 is 4.39 Å². The van der Waals surface area contributed by atoms with Gasteiger partial charge in [-0.3, -0.25) is 9.48 Å². The second-order valence-electron chi connectivity index (χ2n) is 7.98. The van der Waals surface area contributed by atoms with Crippen LogP contribution in [-0.2, 0) is 13.5 Å². The molecular formula is C22H25FN4OS. The first-order chi connectivity index (χ1) is 13.9. The first-order valence-corrected chi connectivity index (χ1v) is 10.7. The lowest BCUT2D eigenvalue weighted by molar-refractivity contribution is 0.243. The van der Waals surface area contributed by atoms with E-state index in [1.54, 1.807) is 18.4 Å². The SMILES string of the molecule is CC(C)c1nn(C)c2c(c1=O)C(Cc1csc(-c3ccccc3)n1)C(N)CC2F. The fraction of sp³-hybridized carbons (Fsp3) is 0.409. The molecule has 3 aromatic rings. The summed E-state index contributed by atoms with van der Waals surface area (Å²) in [5, 5.41) is 7.29. The van der Waals surface area contributed by atoms with Crippen LogP contribution in [0.2, 0.25) is 0 Å². The second kappa shape index (κ2) is 7.80. The molecule has 0 fully saturated rings. The van der Waals surface area contributed by atoms with Crippen LogP contribution in [-0.4, -0.2) is 20.8 Å². The number of benzene rings is 1. The fourth-order valence-corrected chi connectivity index (χ4v) is 4.96. The zero-order chi connectivity index (χ0) is 20.7. The number of fused-ring (bicyclic) bond motifs is 1. The van der Waals surface area contributed by atoms with Crippen molar-refractivity contribution in [3.05, 3.63) is 68.6 Å². The van der Waals surface area contributed by atoms with Gasteiger partial charge < -0.3 is 5.73 Å². The summed E-state index contributed by atoms with van der Waals surface area (Å²) >= 11 is 1.57. The van der Waals surface area contributed by atoms with E-state index in [0.717, 1.165) is 16.3 Å². The summed E-state index contributed by atoms with van der Waals surface area (Å²) < 4.78 is 16.4. The first kappa shape index (κ1) is 19.9. The summed E-state index contributed by atoms with van der Waals surface area (Å²) in [6, 6.07) is 9.54. The van der Waals surface area contributed by atoms with E-state index in [-0.39, 0.29) is 23.7 Å². The predicted octanol–water partition coefficient (Wildman–Crippen LogP) is 4.10. The van der Waals surface area contributed by atoms with Crippen LogP contribution in [0.3, 0.4) is 0 Å². The molecule has 0 radical (unpaired) electrons. The number of hydrogen-bond acceptors (Lipinski definition) is 5. The fourth-order valence-electron chi connectivity index (χ4n) is 4.12. The number of hydrogen-bond donors (Lipinski definition) is 1. The number of rotatable bonds is 4. The lowest BCUT2D eigenvalue weighted by Crippen LogP contribution is -2.42. The molecule has 2 N–H and O–H groups in total. The van der Waals surface area contributed by atoms with Gasteiger partial charge in [-0.25, -0.2) is 9.37 Å². The van der Waals surface area contributed by atoms with Crippen molar-refractivity contribution >= 4 is 11.3 Å². The van der Waals surface area contributed by atoms with Crippen LogP contribution < -0.4 is 11.2 Å². The van der Waals surface area contributed by atoms with Gasteiger partial charge in [0.05, 0.1) is 11.4 Å². The third kappa shape index (κ3) is 3.65. The summed E-state index contributed by atoms with van der Waals surface area (Å²) in [7, 11) is 1.71. The molecule has 5 nitrogen and oxygen atoms in total. The van der Waals surface area contributed by atoms with Crippen LogP contribution in [0.15, 0.2) is 40.5 Å². The van der Waals surface area contributed by atoms with Crippen LogP contribution in [0.25, 0.3) is 10.6 Å². The topological polar surface area (TPSA) is 73.8 Å². The monoisotopic (exact) mass is 412 g/mol. The number of halogens is 1. The van der Waals surface area contributed by atoms with E-state index in [1.165, 1.54) is 4.68 Å². The van der Waals surface area contributed by atoms with Crippen molar-refractivity contribution in [1.82, 2.24) is 14.8 Å². The summed E-state index contributed by atoms with van der Waals surface area (Å²) in [6.07, 6.45) is -0.581. The lowest BCUT2D eigenvalue weighted by Gasteiger charge is -2.33. The van der Waals surface area contributed by atoms with Gasteiger partial charge >= 0.3 is 0 Å². The Morgan fingerprint density at radius 1 is 1.31 bits per heavy atom. The van der Waals surface area contributed by atoms with E-state index in [4.69, 9.17) is 10.7 Å². The summed E-state index contributed by atoms with van der Waals surface area (Å²) in [4.78, 5) is 18.0. The van der Waals surface area contributed by atoms with Gasteiger partial charge in [0.2, 0.25) is 5.43 Å². The quantitative estimate of drug-likeness (QED) is 0.700. The maximum atomic E-state index is 14.8. The van der Waals surface area contributed by atoms with Crippen molar-refractivity contribution in [2.75, 3.05) is 0 Å². The number of nitrogens with zero attached hydrogens (tertiary/aromatic N) is 3. The Kier molecular flexibility index (Phi) is 5.36. The van der Waals surface area contributed by atoms with E-state index < -0.39 is 12.2 Å². The molecule has 0 aliphatic heterocycles. The Labute approximate surface area is 173 Å². The highest BCUT2D eigenvalue weighted by Crippen LogP contribution is 2.39. The van der Waals surface area contributed by atoms with Crippen LogP contribution in [0, 0.1) is 0 Å². The molecule has 0 saturated carbocycles. The Morgan fingerprint density at radius 2 is 2.03 bits per heavy atom. The Morgan fingerprint density at radius 3 is 2.72 bits per heavy atom. The molecule has 2 heterocycles. The van der Waals surface area contributed by atoms with Crippen LogP contribution in [0.5, 0.6) is 0 Å². The van der Waals surface area contributed by atoms with Gasteiger partial charge in [-0.15, -0.1) is 11.3 Å². The standard InChI is InChI=1S/C22H25FN4OS/c1-12(2)19-21(28)18-15(17(24)10-16(23)20(18)27(3)26-19)9-14-11-29-22(25-14)13-7-5-4-6-8-13/h4-8,11-12,15-17H,9-10,24H2,1-3H3. The molecule has 0 amide bonds. The van der Waals surface area contributed by atoms with Gasteiger partial charge in [0.25, 0.3) is 0 Å². The van der Waals surface area contributed by atoms with Gasteiger partial charge in [0.1, 0.15) is 16.9 Å². The summed E-state index contributed by atoms with van der Waals surface area (Å²) in [6.45, 7) is 3.85. The van der Waals surface area contributed by atoms with Crippen molar-refractivity contribution in [2.24, 2.45) is 12.8 Å². The molecule has 29 heavy (non-hydrogen) atoms. The van der Waals surface area contributed by atoms with E-state index in [2.05, 4.69) is 5.10 Å². The van der Waals surface area contributed by atoms with Gasteiger partial charge in [-0.1, -0.05) is 44.2 Å². The largest absolute Gasteiger partial charge is 0.327 e. The molecule has 3 unspecified atom stereocenters. The number of aryl methyl sites for hydroxylation is 1. The summed E-state index contributed by atoms with van der Waals surface area (Å²) in [5.74, 6) is -0.318. The zero-order valence-electron chi connectivity index (χ0n) is 16.8. The molecule has 0 saturated heterocycles. The zero-order valence-corrected chi connectivity index (χ0v) is 17.6. The average Bonchev–Trinajstić information content (AvgIpc) is 3.16. The highest BCUT2D eigenvalue weighted by Gasteiger charge is 2.38. The van der Waals surface area contributed by atoms with E-state index in [0.29, 0.717) is 23.4 Å². The normalized spacial score (nSPS) is 21.4. The van der Waals surface area contributed by atoms with Crippen LogP contribution in [0.1, 0.15) is 60.9 Å². The Hall–Kier alpha value is -2.38. The predicted molar refractivity (Wildman–Crippen MR) is 114 cm³/mol. The number of thiazole rings is 1. The Balaban J connectivity index is 1.75. The minimum absolute atomic E-state index is 0.0418. The molecule has 1 aliphatic carbocycles. The molecule has 1 aliphatic rings. The maximum Gasteiger partial charge on any atom is 0.207 e. The number of alkyl halides is 1. The van der Waals surface area contributed by atoms with E-state index in [1.807, 2.05) is 49.6 Å². The van der Waals surface area contributed by atoms with E-state index >= 15 is 0 Å². The van der Waals surface area contributed by atoms with Crippen molar-refractivity contribution in [2.45, 2.75) is 50.7 Å². The van der Waals surface area contributed by atoms with Crippen molar-refractivity contribution in [1.29, 1.82) is 0 Å². The Bertz CT molecular complexity index is 1080. The lowest BCUT2D eigenvalue weighted by atomic mass is 9.78.